The van der Waals surface area contributed by atoms with Gasteiger partial charge in [0.25, 0.3) is 0 Å². The summed E-state index contributed by atoms with van der Waals surface area (Å²) in [5.41, 5.74) is 8.02. The molecule has 0 saturated heterocycles. The summed E-state index contributed by atoms with van der Waals surface area (Å²) in [7, 11) is 0. The minimum Gasteiger partial charge on any atom is -0.330 e. The molecule has 3 rings (SSSR count). The molecule has 4 nitrogen and oxygen atoms in total. The minimum atomic E-state index is 0.573. The van der Waals surface area contributed by atoms with Crippen LogP contribution in [0.5, 0.6) is 0 Å². The average molecular weight is 270 g/mol. The Labute approximate surface area is 120 Å². The van der Waals surface area contributed by atoms with Gasteiger partial charge in [0.15, 0.2) is 5.82 Å². The molecule has 0 radical (unpaired) electrons. The van der Waals surface area contributed by atoms with Crippen LogP contribution in [0.15, 0.2) is 24.3 Å². The van der Waals surface area contributed by atoms with Crippen LogP contribution >= 0.6 is 0 Å². The van der Waals surface area contributed by atoms with E-state index in [1.165, 1.54) is 31.2 Å². The first-order valence-electron chi connectivity index (χ1n) is 7.50. The van der Waals surface area contributed by atoms with E-state index in [9.17, 15) is 0 Å². The number of nitrogens with two attached hydrogens (primary N) is 1. The molecule has 1 aliphatic carbocycles. The van der Waals surface area contributed by atoms with Crippen LogP contribution in [0, 0.1) is 6.92 Å². The normalized spacial score (nSPS) is 15.9. The summed E-state index contributed by atoms with van der Waals surface area (Å²) >= 11 is 0. The van der Waals surface area contributed by atoms with Crippen LogP contribution in [0.25, 0.3) is 11.4 Å². The van der Waals surface area contributed by atoms with E-state index in [-0.39, 0.29) is 0 Å². The Morgan fingerprint density at radius 1 is 1.15 bits per heavy atom. The maximum atomic E-state index is 5.59. The molecule has 1 aromatic carbocycles. The van der Waals surface area contributed by atoms with Crippen molar-refractivity contribution >= 4 is 0 Å². The number of hydrogen-bond donors (Lipinski definition) is 1. The lowest BCUT2D eigenvalue weighted by atomic mass is 10.1. The topological polar surface area (TPSA) is 56.7 Å². The van der Waals surface area contributed by atoms with Gasteiger partial charge in [-0.05, 0) is 38.3 Å². The Morgan fingerprint density at radius 3 is 2.50 bits per heavy atom. The average Bonchev–Trinajstić information content (AvgIpc) is 3.09. The molecular formula is C16H22N4. The number of benzene rings is 1. The third-order valence-corrected chi connectivity index (χ3v) is 4.20. The molecule has 1 aromatic heterocycles. The molecule has 1 aliphatic rings. The first kappa shape index (κ1) is 13.3. The molecule has 0 unspecified atom stereocenters. The number of aromatic nitrogens is 3. The smallest absolute Gasteiger partial charge is 0.164 e. The number of rotatable bonds is 4. The van der Waals surface area contributed by atoms with Crippen molar-refractivity contribution in [2.75, 3.05) is 6.54 Å². The van der Waals surface area contributed by atoms with Crippen molar-refractivity contribution in [2.45, 2.75) is 45.1 Å². The molecule has 20 heavy (non-hydrogen) atoms. The Balaban J connectivity index is 1.93. The van der Waals surface area contributed by atoms with Gasteiger partial charge < -0.3 is 10.3 Å². The first-order chi connectivity index (χ1) is 9.79. The molecule has 4 heteroatoms. The van der Waals surface area contributed by atoms with E-state index in [2.05, 4.69) is 46.0 Å². The van der Waals surface area contributed by atoms with Gasteiger partial charge in [-0.15, -0.1) is 10.2 Å². The summed E-state index contributed by atoms with van der Waals surface area (Å²) in [5.74, 6) is 2.03. The molecule has 0 bridgehead atoms. The van der Waals surface area contributed by atoms with Crippen molar-refractivity contribution in [3.05, 3.63) is 35.7 Å². The summed E-state index contributed by atoms with van der Waals surface area (Å²) in [6.45, 7) is 2.74. The van der Waals surface area contributed by atoms with Crippen molar-refractivity contribution in [3.63, 3.8) is 0 Å². The lowest BCUT2D eigenvalue weighted by molar-refractivity contribution is 0.510. The van der Waals surface area contributed by atoms with E-state index in [1.54, 1.807) is 0 Å². The number of hydrogen-bond acceptors (Lipinski definition) is 3. The molecule has 2 N–H and O–H groups in total. The minimum absolute atomic E-state index is 0.573. The highest BCUT2D eigenvalue weighted by atomic mass is 15.3. The van der Waals surface area contributed by atoms with Crippen LogP contribution in [0.3, 0.4) is 0 Å². The molecule has 0 amide bonds. The van der Waals surface area contributed by atoms with Gasteiger partial charge in [-0.2, -0.15) is 0 Å². The van der Waals surface area contributed by atoms with Gasteiger partial charge in [-0.1, -0.05) is 37.1 Å². The highest BCUT2D eigenvalue weighted by Gasteiger charge is 2.22. The van der Waals surface area contributed by atoms with Crippen LogP contribution in [-0.2, 0) is 6.42 Å². The van der Waals surface area contributed by atoms with Gasteiger partial charge in [0.1, 0.15) is 5.82 Å². The standard InChI is InChI=1S/C16H22N4/c1-12-18-19-16(20(12)15-4-2-3-5-15)14-8-6-13(7-9-14)10-11-17/h6-9,15H,2-5,10-11,17H2,1H3. The summed E-state index contributed by atoms with van der Waals surface area (Å²) in [4.78, 5) is 0. The lowest BCUT2D eigenvalue weighted by Crippen LogP contribution is -2.08. The van der Waals surface area contributed by atoms with E-state index in [0.29, 0.717) is 12.6 Å². The molecule has 1 saturated carbocycles. The molecule has 0 aliphatic heterocycles. The fourth-order valence-corrected chi connectivity index (χ4v) is 3.15. The number of aryl methyl sites for hydroxylation is 1. The fourth-order valence-electron chi connectivity index (χ4n) is 3.15. The summed E-state index contributed by atoms with van der Waals surface area (Å²) < 4.78 is 2.32. The quantitative estimate of drug-likeness (QED) is 0.929. The molecule has 2 aromatic rings. The molecule has 0 spiro atoms. The maximum absolute atomic E-state index is 5.59. The Hall–Kier alpha value is -1.68. The van der Waals surface area contributed by atoms with Crippen molar-refractivity contribution in [2.24, 2.45) is 5.73 Å². The largest absolute Gasteiger partial charge is 0.330 e. The summed E-state index contributed by atoms with van der Waals surface area (Å²) in [6, 6.07) is 9.14. The van der Waals surface area contributed by atoms with Crippen LogP contribution < -0.4 is 5.73 Å². The van der Waals surface area contributed by atoms with E-state index >= 15 is 0 Å². The summed E-state index contributed by atoms with van der Waals surface area (Å²) in [5, 5.41) is 8.68. The van der Waals surface area contributed by atoms with Gasteiger partial charge >= 0.3 is 0 Å². The zero-order valence-corrected chi connectivity index (χ0v) is 12.0. The second-order valence-electron chi connectivity index (χ2n) is 5.61. The van der Waals surface area contributed by atoms with Crippen LogP contribution in [0.2, 0.25) is 0 Å². The molecule has 0 atom stereocenters. The molecule has 106 valence electrons. The van der Waals surface area contributed by atoms with Crippen LogP contribution in [-0.4, -0.2) is 21.3 Å². The third-order valence-electron chi connectivity index (χ3n) is 4.20. The zero-order chi connectivity index (χ0) is 13.9. The Morgan fingerprint density at radius 2 is 1.85 bits per heavy atom. The Bertz CT molecular complexity index is 565. The van der Waals surface area contributed by atoms with Crippen molar-refractivity contribution in [3.8, 4) is 11.4 Å². The van der Waals surface area contributed by atoms with Crippen molar-refractivity contribution in [1.29, 1.82) is 0 Å². The van der Waals surface area contributed by atoms with Gasteiger partial charge in [0.2, 0.25) is 0 Å². The van der Waals surface area contributed by atoms with E-state index in [4.69, 9.17) is 5.73 Å². The van der Waals surface area contributed by atoms with Gasteiger partial charge in [0, 0.05) is 11.6 Å². The number of nitrogens with zero attached hydrogens (tertiary/aromatic N) is 3. The predicted molar refractivity (Wildman–Crippen MR) is 80.5 cm³/mol. The highest BCUT2D eigenvalue weighted by Crippen LogP contribution is 2.33. The predicted octanol–water partition coefficient (Wildman–Crippen LogP) is 2.87. The molecular weight excluding hydrogens is 248 g/mol. The first-order valence-corrected chi connectivity index (χ1v) is 7.50. The molecule has 1 heterocycles. The molecule has 1 fully saturated rings. The second kappa shape index (κ2) is 5.75. The fraction of sp³-hybridized carbons (Fsp3) is 0.500. The van der Waals surface area contributed by atoms with Crippen molar-refractivity contribution in [1.82, 2.24) is 14.8 Å². The SMILES string of the molecule is Cc1nnc(-c2ccc(CCN)cc2)n1C1CCCC1. The van der Waals surface area contributed by atoms with Gasteiger partial charge in [0.05, 0.1) is 0 Å². The second-order valence-corrected chi connectivity index (χ2v) is 5.61. The van der Waals surface area contributed by atoms with E-state index in [1.807, 2.05) is 0 Å². The summed E-state index contributed by atoms with van der Waals surface area (Å²) in [6.07, 6.45) is 6.05. The van der Waals surface area contributed by atoms with E-state index in [0.717, 1.165) is 23.6 Å². The van der Waals surface area contributed by atoms with Gasteiger partial charge in [-0.3, -0.25) is 0 Å². The Kier molecular flexibility index (Phi) is 3.83. The maximum Gasteiger partial charge on any atom is 0.164 e. The van der Waals surface area contributed by atoms with E-state index < -0.39 is 0 Å². The van der Waals surface area contributed by atoms with Crippen molar-refractivity contribution < 1.29 is 0 Å². The highest BCUT2D eigenvalue weighted by molar-refractivity contribution is 5.56. The van der Waals surface area contributed by atoms with Crippen LogP contribution in [0.1, 0.15) is 43.1 Å². The third kappa shape index (κ3) is 2.48. The monoisotopic (exact) mass is 270 g/mol. The van der Waals surface area contributed by atoms with Crippen LogP contribution in [0.4, 0.5) is 0 Å². The van der Waals surface area contributed by atoms with Gasteiger partial charge in [-0.25, -0.2) is 0 Å². The lowest BCUT2D eigenvalue weighted by Gasteiger charge is -2.16. The zero-order valence-electron chi connectivity index (χ0n) is 12.0.